The topological polar surface area (TPSA) is 47.6 Å². The zero-order valence-electron chi connectivity index (χ0n) is 13.9. The zero-order chi connectivity index (χ0) is 19.3. The van der Waals surface area contributed by atoms with Crippen LogP contribution in [-0.4, -0.2) is 25.6 Å². The molecule has 4 rings (SSSR count). The van der Waals surface area contributed by atoms with Crippen molar-refractivity contribution in [2.45, 2.75) is 16.7 Å². The first-order valence-corrected chi connectivity index (χ1v) is 9.59. The van der Waals surface area contributed by atoms with Crippen molar-refractivity contribution in [1.82, 2.24) is 0 Å². The van der Waals surface area contributed by atoms with Crippen LogP contribution < -0.4 is 9.46 Å². The predicted molar refractivity (Wildman–Crippen MR) is 98.0 cm³/mol. The number of benzene rings is 2. The lowest BCUT2D eigenvalue weighted by atomic mass is 10.0. The Morgan fingerprint density at radius 3 is 2.85 bits per heavy atom. The lowest BCUT2D eigenvalue weighted by Crippen LogP contribution is -2.15. The average Bonchev–Trinajstić information content (AvgIpc) is 3.21. The molecule has 142 valence electrons. The van der Waals surface area contributed by atoms with Gasteiger partial charge >= 0.3 is 5.97 Å². The number of ether oxygens (including phenoxy) is 2. The summed E-state index contributed by atoms with van der Waals surface area (Å²) in [5.74, 6) is -5.54. The molecule has 1 N–H and O–H groups in total. The Bertz CT molecular complexity index is 940. The fourth-order valence-corrected chi connectivity index (χ4v) is 4.53. The molecule has 0 amide bonds. The first-order valence-electron chi connectivity index (χ1n) is 7.98. The molecule has 0 bridgehead atoms. The van der Waals surface area contributed by atoms with E-state index in [1.807, 2.05) is 0 Å². The van der Waals surface area contributed by atoms with Crippen molar-refractivity contribution in [3.05, 3.63) is 51.7 Å². The molecule has 2 aromatic carbocycles. The number of carbonyl (C=O) groups excluding carboxylic acids is 1. The Hall–Kier alpha value is -1.87. The molecule has 0 aromatic heterocycles. The molecule has 2 aromatic rings. The van der Waals surface area contributed by atoms with E-state index < -0.39 is 23.7 Å². The highest BCUT2D eigenvalue weighted by molar-refractivity contribution is 9.10. The quantitative estimate of drug-likeness (QED) is 0.500. The van der Waals surface area contributed by atoms with Crippen molar-refractivity contribution in [1.29, 1.82) is 0 Å². The highest BCUT2D eigenvalue weighted by Gasteiger charge is 2.71. The number of methoxy groups -OCH3 is 1. The molecule has 27 heavy (non-hydrogen) atoms. The van der Waals surface area contributed by atoms with Crippen LogP contribution in [0.25, 0.3) is 0 Å². The second kappa shape index (κ2) is 6.63. The standard InChI is InChI=1S/C18H13BrF3NO3S/c1-25-17(24)14-12(23-27-13-5-2-8(20)6-11(13)19)4-3-9-15-10(18(15,21)22)7-26-16(9)14/h2-6,10,15,23H,7H2,1H3. The number of nitrogens with one attached hydrogen (secondary N) is 1. The molecule has 0 spiro atoms. The van der Waals surface area contributed by atoms with Gasteiger partial charge in [0.1, 0.15) is 17.1 Å². The van der Waals surface area contributed by atoms with Crippen molar-refractivity contribution in [3.63, 3.8) is 0 Å². The van der Waals surface area contributed by atoms with E-state index >= 15 is 0 Å². The van der Waals surface area contributed by atoms with E-state index in [1.54, 1.807) is 18.2 Å². The van der Waals surface area contributed by atoms with Crippen LogP contribution >= 0.6 is 27.9 Å². The summed E-state index contributed by atoms with van der Waals surface area (Å²) in [6.07, 6.45) is 0. The Balaban J connectivity index is 1.68. The second-order valence-electron chi connectivity index (χ2n) is 6.25. The lowest BCUT2D eigenvalue weighted by molar-refractivity contribution is 0.0595. The van der Waals surface area contributed by atoms with E-state index in [9.17, 15) is 18.0 Å². The molecule has 1 aliphatic heterocycles. The number of carbonyl (C=O) groups is 1. The summed E-state index contributed by atoms with van der Waals surface area (Å²) in [7, 11) is 1.21. The molecular formula is C18H13BrF3NO3S. The van der Waals surface area contributed by atoms with Gasteiger partial charge in [-0.3, -0.25) is 0 Å². The summed E-state index contributed by atoms with van der Waals surface area (Å²) >= 11 is 4.40. The maximum atomic E-state index is 13.9. The third-order valence-electron chi connectivity index (χ3n) is 4.69. The van der Waals surface area contributed by atoms with E-state index in [1.165, 1.54) is 19.2 Å². The van der Waals surface area contributed by atoms with Crippen LogP contribution in [-0.2, 0) is 4.74 Å². The summed E-state index contributed by atoms with van der Waals surface area (Å²) in [5.41, 5.74) is 0.751. The molecule has 9 heteroatoms. The average molecular weight is 460 g/mol. The van der Waals surface area contributed by atoms with Gasteiger partial charge in [0.2, 0.25) is 0 Å². The zero-order valence-corrected chi connectivity index (χ0v) is 16.3. The van der Waals surface area contributed by atoms with Gasteiger partial charge in [-0.25, -0.2) is 18.0 Å². The maximum Gasteiger partial charge on any atom is 0.343 e. The summed E-state index contributed by atoms with van der Waals surface area (Å²) in [5, 5.41) is 0. The van der Waals surface area contributed by atoms with E-state index in [4.69, 9.17) is 9.47 Å². The second-order valence-corrected chi connectivity index (χ2v) is 7.95. The van der Waals surface area contributed by atoms with Gasteiger partial charge in [-0.1, -0.05) is 6.07 Å². The smallest absolute Gasteiger partial charge is 0.343 e. The van der Waals surface area contributed by atoms with E-state index in [0.717, 1.165) is 11.9 Å². The SMILES string of the molecule is COC(=O)c1c(NSc2ccc(F)cc2Br)ccc2c1OCC1C2C1(F)F. The number of alkyl halides is 2. The van der Waals surface area contributed by atoms with Crippen LogP contribution in [0.5, 0.6) is 5.75 Å². The number of esters is 1. The monoisotopic (exact) mass is 459 g/mol. The number of rotatable bonds is 4. The minimum Gasteiger partial charge on any atom is -0.492 e. The Kier molecular flexibility index (Phi) is 4.54. The first-order chi connectivity index (χ1) is 12.8. The lowest BCUT2D eigenvalue weighted by Gasteiger charge is -2.21. The highest BCUT2D eigenvalue weighted by atomic mass is 79.9. The predicted octanol–water partition coefficient (Wildman–Crippen LogP) is 5.24. The Labute approximate surface area is 165 Å². The fraction of sp³-hybridized carbons (Fsp3) is 0.278. The van der Waals surface area contributed by atoms with Crippen LogP contribution in [0.3, 0.4) is 0 Å². The van der Waals surface area contributed by atoms with Crippen LogP contribution in [0.4, 0.5) is 18.9 Å². The summed E-state index contributed by atoms with van der Waals surface area (Å²) < 4.78 is 54.9. The molecule has 0 saturated heterocycles. The number of fused-ring (bicyclic) bond motifs is 3. The normalized spacial score (nSPS) is 21.5. The van der Waals surface area contributed by atoms with E-state index in [-0.39, 0.29) is 23.7 Å². The van der Waals surface area contributed by atoms with Gasteiger partial charge in [0, 0.05) is 14.9 Å². The minimum absolute atomic E-state index is 0.0712. The van der Waals surface area contributed by atoms with Gasteiger partial charge in [-0.15, -0.1) is 0 Å². The van der Waals surface area contributed by atoms with Gasteiger partial charge in [-0.05, 0) is 52.1 Å². The molecule has 2 atom stereocenters. The molecule has 2 unspecified atom stereocenters. The molecule has 1 fully saturated rings. The van der Waals surface area contributed by atoms with Crippen molar-refractivity contribution in [2.24, 2.45) is 5.92 Å². The number of halogens is 4. The van der Waals surface area contributed by atoms with E-state index in [2.05, 4.69) is 20.7 Å². The highest BCUT2D eigenvalue weighted by Crippen LogP contribution is 2.65. The molecule has 0 radical (unpaired) electrons. The number of hydrogen-bond donors (Lipinski definition) is 1. The summed E-state index contributed by atoms with van der Waals surface area (Å²) in [4.78, 5) is 13.0. The van der Waals surface area contributed by atoms with Crippen LogP contribution in [0, 0.1) is 11.7 Å². The third kappa shape index (κ3) is 3.06. The first kappa shape index (κ1) is 18.5. The van der Waals surface area contributed by atoms with Gasteiger partial charge < -0.3 is 14.2 Å². The molecule has 1 saturated carbocycles. The summed E-state index contributed by atoms with van der Waals surface area (Å²) in [6, 6.07) is 7.29. The molecular weight excluding hydrogens is 447 g/mol. The third-order valence-corrected chi connectivity index (χ3v) is 6.50. The van der Waals surface area contributed by atoms with Crippen LogP contribution in [0.1, 0.15) is 21.8 Å². The fourth-order valence-electron chi connectivity index (χ4n) is 3.25. The maximum absolute atomic E-state index is 13.9. The van der Waals surface area contributed by atoms with Crippen LogP contribution in [0.2, 0.25) is 0 Å². The Morgan fingerprint density at radius 1 is 1.37 bits per heavy atom. The number of hydrogen-bond acceptors (Lipinski definition) is 5. The van der Waals surface area contributed by atoms with Crippen LogP contribution in [0.15, 0.2) is 39.7 Å². The van der Waals surface area contributed by atoms with Crippen molar-refractivity contribution < 1.29 is 27.4 Å². The summed E-state index contributed by atoms with van der Waals surface area (Å²) in [6.45, 7) is -0.144. The molecule has 4 nitrogen and oxygen atoms in total. The van der Waals surface area contributed by atoms with Gasteiger partial charge in [0.05, 0.1) is 31.2 Å². The minimum atomic E-state index is -2.82. The Morgan fingerprint density at radius 2 is 2.15 bits per heavy atom. The molecule has 2 aliphatic rings. The van der Waals surface area contributed by atoms with Crippen molar-refractivity contribution >= 4 is 39.5 Å². The number of anilines is 1. The molecule has 1 heterocycles. The van der Waals surface area contributed by atoms with E-state index in [0.29, 0.717) is 20.6 Å². The van der Waals surface area contributed by atoms with Gasteiger partial charge in [0.25, 0.3) is 5.92 Å². The van der Waals surface area contributed by atoms with Gasteiger partial charge in [0.15, 0.2) is 0 Å². The van der Waals surface area contributed by atoms with Crippen molar-refractivity contribution in [3.8, 4) is 5.75 Å². The largest absolute Gasteiger partial charge is 0.492 e. The van der Waals surface area contributed by atoms with Gasteiger partial charge in [-0.2, -0.15) is 0 Å². The molecule has 1 aliphatic carbocycles. The van der Waals surface area contributed by atoms with Crippen molar-refractivity contribution in [2.75, 3.05) is 18.4 Å².